The fourth-order valence-electron chi connectivity index (χ4n) is 2.78. The molecule has 0 aromatic rings. The second-order valence-electron chi connectivity index (χ2n) is 6.84. The van der Waals surface area contributed by atoms with E-state index in [1.54, 1.807) is 0 Å². The van der Waals surface area contributed by atoms with E-state index in [4.69, 9.17) is 5.73 Å². The Morgan fingerprint density at radius 3 is 1.74 bits per heavy atom. The summed E-state index contributed by atoms with van der Waals surface area (Å²) in [4.78, 5) is -0.109. The van der Waals surface area contributed by atoms with Crippen LogP contribution in [0.4, 0.5) is 0 Å². The van der Waals surface area contributed by atoms with E-state index in [-0.39, 0.29) is 4.87 Å². The number of hydrogen-bond acceptors (Lipinski definition) is 3. The van der Waals surface area contributed by atoms with Crippen LogP contribution in [0.3, 0.4) is 0 Å². The summed E-state index contributed by atoms with van der Waals surface area (Å²) in [6.45, 7) is 4.43. The van der Waals surface area contributed by atoms with Crippen molar-refractivity contribution in [2.75, 3.05) is 0 Å². The summed E-state index contributed by atoms with van der Waals surface area (Å²) >= 11 is 4.29. The molecule has 0 amide bonds. The molecule has 0 rings (SSSR count). The molecular formula is C20H41NS2. The van der Waals surface area contributed by atoms with Gasteiger partial charge in [-0.05, 0) is 38.5 Å². The van der Waals surface area contributed by atoms with E-state index >= 15 is 0 Å². The minimum Gasteiger partial charge on any atom is -0.316 e. The Hall–Kier alpha value is 0.400. The molecular weight excluding hydrogens is 318 g/mol. The van der Waals surface area contributed by atoms with Gasteiger partial charge in [0.25, 0.3) is 0 Å². The minimum absolute atomic E-state index is 0.109. The average molecular weight is 360 g/mol. The molecule has 0 heterocycles. The molecule has 2 N–H and O–H groups in total. The number of hydrogen-bond donors (Lipinski definition) is 2. The van der Waals surface area contributed by atoms with Crippen LogP contribution in [0, 0.1) is 0 Å². The zero-order valence-corrected chi connectivity index (χ0v) is 17.4. The summed E-state index contributed by atoms with van der Waals surface area (Å²) in [7, 11) is 1.52. The maximum atomic E-state index is 6.23. The Morgan fingerprint density at radius 1 is 0.783 bits per heavy atom. The molecule has 0 spiro atoms. The molecule has 0 saturated carbocycles. The van der Waals surface area contributed by atoms with Crippen molar-refractivity contribution in [3.8, 4) is 0 Å². The van der Waals surface area contributed by atoms with Gasteiger partial charge in [-0.1, -0.05) is 94.6 Å². The predicted octanol–water partition coefficient (Wildman–Crippen LogP) is 7.67. The van der Waals surface area contributed by atoms with Crippen molar-refractivity contribution < 1.29 is 0 Å². The Morgan fingerprint density at radius 2 is 1.26 bits per heavy atom. The van der Waals surface area contributed by atoms with Crippen molar-refractivity contribution in [3.05, 3.63) is 12.2 Å². The van der Waals surface area contributed by atoms with E-state index in [9.17, 15) is 0 Å². The van der Waals surface area contributed by atoms with E-state index in [0.717, 1.165) is 12.8 Å². The Balaban J connectivity index is 3.25. The largest absolute Gasteiger partial charge is 0.316 e. The van der Waals surface area contributed by atoms with Crippen LogP contribution in [0.5, 0.6) is 0 Å². The number of nitrogens with two attached hydrogens (primary N) is 1. The van der Waals surface area contributed by atoms with Crippen molar-refractivity contribution in [2.45, 2.75) is 115 Å². The SMILES string of the molecule is CCCCCCCCC=CCCCCCCCC(N)(CC)SS. The van der Waals surface area contributed by atoms with E-state index in [1.165, 1.54) is 94.3 Å². The fraction of sp³-hybridized carbons (Fsp3) is 0.900. The zero-order chi connectivity index (χ0) is 17.2. The lowest BCUT2D eigenvalue weighted by molar-refractivity contribution is 0.496. The van der Waals surface area contributed by atoms with E-state index < -0.39 is 0 Å². The van der Waals surface area contributed by atoms with Gasteiger partial charge in [-0.25, -0.2) is 0 Å². The second kappa shape index (κ2) is 17.2. The Bertz CT molecular complexity index is 262. The maximum Gasteiger partial charge on any atom is 0.0718 e. The van der Waals surface area contributed by atoms with Crippen molar-refractivity contribution in [1.29, 1.82) is 0 Å². The normalized spacial score (nSPS) is 14.4. The average Bonchev–Trinajstić information content (AvgIpc) is 2.58. The van der Waals surface area contributed by atoms with Gasteiger partial charge in [-0.15, -0.1) is 11.7 Å². The maximum absolute atomic E-state index is 6.23. The molecule has 138 valence electrons. The highest BCUT2D eigenvalue weighted by Crippen LogP contribution is 2.31. The first-order valence-electron chi connectivity index (χ1n) is 9.95. The molecule has 0 radical (unpaired) electrons. The van der Waals surface area contributed by atoms with Gasteiger partial charge in [-0.3, -0.25) is 0 Å². The van der Waals surface area contributed by atoms with Crippen LogP contribution in [-0.2, 0) is 0 Å². The predicted molar refractivity (Wildman–Crippen MR) is 113 cm³/mol. The second-order valence-corrected chi connectivity index (χ2v) is 8.39. The number of unbranched alkanes of at least 4 members (excludes halogenated alkanes) is 11. The van der Waals surface area contributed by atoms with Gasteiger partial charge in [-0.2, -0.15) is 0 Å². The van der Waals surface area contributed by atoms with Crippen LogP contribution in [0.15, 0.2) is 12.2 Å². The topological polar surface area (TPSA) is 26.0 Å². The standard InChI is InChI=1S/C20H41NS2/c1-3-5-6-7-8-9-10-11-12-13-14-15-16-17-18-19-20(21,4-2)23-22/h11-12,22H,3-10,13-19,21H2,1-2H3. The van der Waals surface area contributed by atoms with Crippen LogP contribution in [0.1, 0.15) is 110 Å². The van der Waals surface area contributed by atoms with Gasteiger partial charge in [0.1, 0.15) is 0 Å². The highest BCUT2D eigenvalue weighted by Gasteiger charge is 2.20. The summed E-state index contributed by atoms with van der Waals surface area (Å²) in [5.41, 5.74) is 6.23. The van der Waals surface area contributed by atoms with Crippen molar-refractivity contribution >= 4 is 22.5 Å². The molecule has 0 bridgehead atoms. The van der Waals surface area contributed by atoms with Crippen molar-refractivity contribution in [1.82, 2.24) is 0 Å². The van der Waals surface area contributed by atoms with Gasteiger partial charge in [0.15, 0.2) is 0 Å². The monoisotopic (exact) mass is 359 g/mol. The Labute approximate surface area is 155 Å². The van der Waals surface area contributed by atoms with E-state index in [0.29, 0.717) is 0 Å². The smallest absolute Gasteiger partial charge is 0.0718 e. The van der Waals surface area contributed by atoms with Gasteiger partial charge in [0.2, 0.25) is 0 Å². The molecule has 0 fully saturated rings. The number of rotatable bonds is 17. The molecule has 0 aromatic heterocycles. The first kappa shape index (κ1) is 23.4. The van der Waals surface area contributed by atoms with Crippen molar-refractivity contribution in [3.63, 3.8) is 0 Å². The molecule has 1 unspecified atom stereocenters. The van der Waals surface area contributed by atoms with Crippen LogP contribution in [0.25, 0.3) is 0 Å². The van der Waals surface area contributed by atoms with Gasteiger partial charge >= 0.3 is 0 Å². The quantitative estimate of drug-likeness (QED) is 0.0916. The van der Waals surface area contributed by atoms with Crippen LogP contribution in [0.2, 0.25) is 0 Å². The molecule has 0 saturated heterocycles. The molecule has 0 aliphatic heterocycles. The number of allylic oxidation sites excluding steroid dienone is 2. The summed E-state index contributed by atoms with van der Waals surface area (Å²) < 4.78 is 0. The van der Waals surface area contributed by atoms with Crippen LogP contribution in [-0.4, -0.2) is 4.87 Å². The third-order valence-electron chi connectivity index (χ3n) is 4.64. The minimum atomic E-state index is -0.109. The zero-order valence-electron chi connectivity index (χ0n) is 15.7. The van der Waals surface area contributed by atoms with E-state index in [1.807, 2.05) is 0 Å². The van der Waals surface area contributed by atoms with E-state index in [2.05, 4.69) is 37.7 Å². The summed E-state index contributed by atoms with van der Waals surface area (Å²) in [6.07, 6.45) is 24.4. The molecule has 1 atom stereocenters. The third kappa shape index (κ3) is 15.7. The molecule has 3 heteroatoms. The molecule has 23 heavy (non-hydrogen) atoms. The van der Waals surface area contributed by atoms with Gasteiger partial charge < -0.3 is 5.73 Å². The highest BCUT2D eigenvalue weighted by atomic mass is 33.1. The molecule has 0 aliphatic rings. The number of thiol groups is 1. The highest BCUT2D eigenvalue weighted by molar-refractivity contribution is 8.69. The first-order chi connectivity index (χ1) is 11.2. The summed E-state index contributed by atoms with van der Waals surface area (Å²) in [6, 6.07) is 0. The van der Waals surface area contributed by atoms with Gasteiger partial charge in [0.05, 0.1) is 4.87 Å². The fourth-order valence-corrected chi connectivity index (χ4v) is 3.81. The third-order valence-corrected chi connectivity index (χ3v) is 6.59. The van der Waals surface area contributed by atoms with Crippen molar-refractivity contribution in [2.24, 2.45) is 5.73 Å². The van der Waals surface area contributed by atoms with Crippen LogP contribution < -0.4 is 5.73 Å². The molecule has 1 nitrogen and oxygen atoms in total. The lowest BCUT2D eigenvalue weighted by Crippen LogP contribution is -2.33. The summed E-state index contributed by atoms with van der Waals surface area (Å²) in [5.74, 6) is 0. The Kier molecular flexibility index (Phi) is 17.5. The first-order valence-corrected chi connectivity index (χ1v) is 11.8. The lowest BCUT2D eigenvalue weighted by atomic mass is 10.0. The summed E-state index contributed by atoms with van der Waals surface area (Å²) in [5, 5.41) is 0. The molecule has 0 aliphatic carbocycles. The lowest BCUT2D eigenvalue weighted by Gasteiger charge is -2.24. The molecule has 0 aromatic carbocycles. The van der Waals surface area contributed by atoms with Gasteiger partial charge in [0, 0.05) is 0 Å². The van der Waals surface area contributed by atoms with Crippen LogP contribution >= 0.6 is 22.5 Å².